The molecule has 3 rings (SSSR count). The molecule has 26 heavy (non-hydrogen) atoms. The first-order chi connectivity index (χ1) is 12.6. The summed E-state index contributed by atoms with van der Waals surface area (Å²) >= 11 is 0. The van der Waals surface area contributed by atoms with Gasteiger partial charge in [0.2, 0.25) is 5.91 Å². The van der Waals surface area contributed by atoms with Crippen molar-refractivity contribution in [2.24, 2.45) is 5.73 Å². The van der Waals surface area contributed by atoms with Crippen molar-refractivity contribution in [2.75, 3.05) is 18.4 Å². The molecule has 4 N–H and O–H groups in total. The lowest BCUT2D eigenvalue weighted by molar-refractivity contribution is -0.113. The van der Waals surface area contributed by atoms with Crippen molar-refractivity contribution >= 4 is 23.4 Å². The number of aromatic nitrogens is 2. The molecule has 2 aromatic rings. The minimum atomic E-state index is -0.460. The van der Waals surface area contributed by atoms with Crippen LogP contribution in [0.1, 0.15) is 31.4 Å². The Labute approximate surface area is 151 Å². The van der Waals surface area contributed by atoms with Crippen molar-refractivity contribution in [1.29, 1.82) is 0 Å². The molecule has 1 unspecified atom stereocenters. The Balaban J connectivity index is 2.02. The highest BCUT2D eigenvalue weighted by atomic mass is 19.1. The Kier molecular flexibility index (Phi) is 5.58. The van der Waals surface area contributed by atoms with Gasteiger partial charge in [-0.15, -0.1) is 0 Å². The Morgan fingerprint density at radius 1 is 1.38 bits per heavy atom. The molecular weight excluding hydrogens is 333 g/mol. The lowest BCUT2D eigenvalue weighted by Crippen LogP contribution is -2.40. The van der Waals surface area contributed by atoms with E-state index in [0.717, 1.165) is 17.3 Å². The maximum atomic E-state index is 13.7. The van der Waals surface area contributed by atoms with Crippen molar-refractivity contribution in [3.8, 4) is 0 Å². The quantitative estimate of drug-likeness (QED) is 0.676. The van der Waals surface area contributed by atoms with Gasteiger partial charge < -0.3 is 16.4 Å². The molecule has 136 valence electrons. The van der Waals surface area contributed by atoms with Gasteiger partial charge >= 0.3 is 0 Å². The first-order valence-electron chi connectivity index (χ1n) is 8.67. The van der Waals surface area contributed by atoms with Crippen LogP contribution in [0.4, 0.5) is 10.2 Å². The standard InChI is InChI=1S/C19H22FN5O/c1-2-22-10-16(12-5-3-6-13(20)9-12)25-19-15-8-4-7-14(18(21)26)17(15)23-11-24-19/h3,5-6,8-9,11,16,22H,2,4,7,10H2,1H3,(H2,21,26)(H,23,24,25). The van der Waals surface area contributed by atoms with Gasteiger partial charge in [-0.1, -0.05) is 25.1 Å². The van der Waals surface area contributed by atoms with E-state index in [4.69, 9.17) is 5.73 Å². The van der Waals surface area contributed by atoms with Crippen molar-refractivity contribution in [3.63, 3.8) is 0 Å². The number of rotatable bonds is 7. The third-order valence-corrected chi connectivity index (χ3v) is 4.37. The largest absolute Gasteiger partial charge is 0.366 e. The second-order valence-corrected chi connectivity index (χ2v) is 6.13. The van der Waals surface area contributed by atoms with Crippen molar-refractivity contribution in [3.05, 3.63) is 52.5 Å². The second kappa shape index (κ2) is 8.05. The van der Waals surface area contributed by atoms with Crippen LogP contribution < -0.4 is 26.9 Å². The molecule has 0 fully saturated rings. The van der Waals surface area contributed by atoms with E-state index in [1.54, 1.807) is 6.07 Å². The molecule has 0 aliphatic heterocycles. The maximum Gasteiger partial charge on any atom is 0.246 e. The average molecular weight is 355 g/mol. The number of likely N-dealkylation sites (N-methyl/N-ethyl adjacent to an activating group) is 1. The first kappa shape index (κ1) is 18.0. The van der Waals surface area contributed by atoms with Crippen LogP contribution in [0.5, 0.6) is 0 Å². The van der Waals surface area contributed by atoms with Gasteiger partial charge in [0.25, 0.3) is 0 Å². The normalized spacial score (nSPS) is 14.3. The number of benzene rings is 1. The molecule has 0 bridgehead atoms. The molecule has 0 radical (unpaired) electrons. The third-order valence-electron chi connectivity index (χ3n) is 4.37. The van der Waals surface area contributed by atoms with Crippen LogP contribution in [0.2, 0.25) is 0 Å². The molecule has 1 heterocycles. The van der Waals surface area contributed by atoms with Gasteiger partial charge in [0.15, 0.2) is 0 Å². The number of carbonyl (C=O) groups is 1. The van der Waals surface area contributed by atoms with E-state index in [-0.39, 0.29) is 11.9 Å². The number of hydrogen-bond acceptors (Lipinski definition) is 5. The molecule has 1 atom stereocenters. The van der Waals surface area contributed by atoms with Crippen molar-refractivity contribution in [2.45, 2.75) is 25.8 Å². The van der Waals surface area contributed by atoms with Gasteiger partial charge in [-0.05, 0) is 37.1 Å². The van der Waals surface area contributed by atoms with Crippen LogP contribution in [0, 0.1) is 5.82 Å². The monoisotopic (exact) mass is 355 g/mol. The number of nitrogens with one attached hydrogen (secondary N) is 2. The SMILES string of the molecule is CCNCC(Nc1ncnc2c1=CCCC=2C(N)=O)c1cccc(F)c1. The minimum absolute atomic E-state index is 0.183. The predicted octanol–water partition coefficient (Wildman–Crippen LogP) is 0.589. The lowest BCUT2D eigenvalue weighted by atomic mass is 10.0. The summed E-state index contributed by atoms with van der Waals surface area (Å²) in [5, 5.41) is 7.98. The second-order valence-electron chi connectivity index (χ2n) is 6.13. The fourth-order valence-corrected chi connectivity index (χ4v) is 3.09. The smallest absolute Gasteiger partial charge is 0.246 e. The molecule has 1 aliphatic rings. The number of halogens is 1. The summed E-state index contributed by atoms with van der Waals surface area (Å²) in [5.74, 6) is -0.134. The Hall–Kier alpha value is -2.80. The minimum Gasteiger partial charge on any atom is -0.366 e. The number of nitrogens with zero attached hydrogens (tertiary/aromatic N) is 2. The Morgan fingerprint density at radius 3 is 2.96 bits per heavy atom. The van der Waals surface area contributed by atoms with Crippen molar-refractivity contribution < 1.29 is 9.18 Å². The van der Waals surface area contributed by atoms with Crippen LogP contribution in [0.25, 0.3) is 11.6 Å². The van der Waals surface area contributed by atoms with Crippen LogP contribution >= 0.6 is 0 Å². The number of carbonyl (C=O) groups excluding carboxylic acids is 1. The predicted molar refractivity (Wildman–Crippen MR) is 98.9 cm³/mol. The maximum absolute atomic E-state index is 13.7. The van der Waals surface area contributed by atoms with Crippen LogP contribution in [0.15, 0.2) is 30.6 Å². The molecule has 1 amide bonds. The summed E-state index contributed by atoms with van der Waals surface area (Å²) in [5.41, 5.74) is 6.81. The molecule has 0 saturated heterocycles. The summed E-state index contributed by atoms with van der Waals surface area (Å²) in [6, 6.07) is 6.30. The van der Waals surface area contributed by atoms with E-state index in [1.807, 2.05) is 19.1 Å². The summed E-state index contributed by atoms with van der Waals surface area (Å²) < 4.78 is 13.7. The summed E-state index contributed by atoms with van der Waals surface area (Å²) in [4.78, 5) is 20.3. The topological polar surface area (TPSA) is 92.9 Å². The molecular formula is C19H22FN5O. The molecule has 7 heteroatoms. The zero-order valence-electron chi connectivity index (χ0n) is 14.6. The molecule has 0 saturated carbocycles. The Bertz CT molecular complexity index is 928. The van der Waals surface area contributed by atoms with Gasteiger partial charge in [-0.25, -0.2) is 14.4 Å². The first-order valence-corrected chi connectivity index (χ1v) is 8.67. The third kappa shape index (κ3) is 3.88. The summed E-state index contributed by atoms with van der Waals surface area (Å²) in [7, 11) is 0. The van der Waals surface area contributed by atoms with E-state index in [0.29, 0.717) is 36.1 Å². The molecule has 1 aromatic carbocycles. The number of anilines is 1. The number of amides is 1. The van der Waals surface area contributed by atoms with Gasteiger partial charge in [-0.2, -0.15) is 0 Å². The summed E-state index contributed by atoms with van der Waals surface area (Å²) in [6.45, 7) is 3.41. The summed E-state index contributed by atoms with van der Waals surface area (Å²) in [6.07, 6.45) is 4.69. The average Bonchev–Trinajstić information content (AvgIpc) is 2.64. The van der Waals surface area contributed by atoms with Gasteiger partial charge in [0.1, 0.15) is 18.0 Å². The van der Waals surface area contributed by atoms with Gasteiger partial charge in [0.05, 0.1) is 11.4 Å². The molecule has 6 nitrogen and oxygen atoms in total. The Morgan fingerprint density at radius 2 is 2.23 bits per heavy atom. The van der Waals surface area contributed by atoms with Crippen molar-refractivity contribution in [1.82, 2.24) is 15.3 Å². The van der Waals surface area contributed by atoms with Crippen LogP contribution in [-0.4, -0.2) is 29.0 Å². The lowest BCUT2D eigenvalue weighted by Gasteiger charge is -2.21. The molecule has 1 aromatic heterocycles. The van der Waals surface area contributed by atoms with Crippen LogP contribution in [-0.2, 0) is 4.79 Å². The van der Waals surface area contributed by atoms with Gasteiger partial charge in [0, 0.05) is 17.3 Å². The van der Waals surface area contributed by atoms with E-state index in [9.17, 15) is 9.18 Å². The van der Waals surface area contributed by atoms with E-state index in [1.165, 1.54) is 18.5 Å². The van der Waals surface area contributed by atoms with Gasteiger partial charge in [-0.3, -0.25) is 4.79 Å². The molecule has 0 spiro atoms. The fourth-order valence-electron chi connectivity index (χ4n) is 3.09. The van der Waals surface area contributed by atoms with Crippen LogP contribution in [0.3, 0.4) is 0 Å². The zero-order chi connectivity index (χ0) is 18.5. The zero-order valence-corrected chi connectivity index (χ0v) is 14.6. The number of fused-ring (bicyclic) bond motifs is 1. The highest BCUT2D eigenvalue weighted by Gasteiger charge is 2.17. The highest BCUT2D eigenvalue weighted by molar-refractivity contribution is 6.12. The highest BCUT2D eigenvalue weighted by Crippen LogP contribution is 2.17. The van der Waals surface area contributed by atoms with E-state index in [2.05, 4.69) is 20.6 Å². The number of nitrogens with two attached hydrogens (primary N) is 1. The number of primary amides is 1. The van der Waals surface area contributed by atoms with E-state index < -0.39 is 5.91 Å². The fraction of sp³-hybridized carbons (Fsp3) is 0.316. The van der Waals surface area contributed by atoms with E-state index >= 15 is 0 Å². The number of hydrogen-bond donors (Lipinski definition) is 3. The molecule has 1 aliphatic carbocycles.